The zero-order valence-electron chi connectivity index (χ0n) is 12.2. The Balaban J connectivity index is 2.10. The fourth-order valence-electron chi connectivity index (χ4n) is 3.15. The van der Waals surface area contributed by atoms with Crippen LogP contribution in [0.4, 0.5) is 4.39 Å². The molecule has 2 atom stereocenters. The minimum atomic E-state index is -0.0215. The first-order valence-electron chi connectivity index (χ1n) is 7.70. The van der Waals surface area contributed by atoms with E-state index in [2.05, 4.69) is 12.2 Å². The molecule has 1 saturated carbocycles. The Bertz CT molecular complexity index is 402. The topological polar surface area (TPSA) is 12.0 Å². The molecule has 0 heterocycles. The molecule has 1 fully saturated rings. The van der Waals surface area contributed by atoms with Crippen LogP contribution < -0.4 is 5.32 Å². The summed E-state index contributed by atoms with van der Waals surface area (Å²) in [4.78, 5) is 0. The van der Waals surface area contributed by atoms with E-state index in [1.807, 2.05) is 19.1 Å². The van der Waals surface area contributed by atoms with E-state index in [-0.39, 0.29) is 5.82 Å². The van der Waals surface area contributed by atoms with Gasteiger partial charge in [0.1, 0.15) is 5.82 Å². The standard InChI is InChI=1S/C17H26FN/c1-3-10-19-15-7-5-4-6-14(12-15)16-11-13(2)8-9-17(16)18/h8-9,11,14-15,19H,3-7,10,12H2,1-2H3. The number of hydrogen-bond acceptors (Lipinski definition) is 1. The van der Waals surface area contributed by atoms with Crippen LogP contribution in [0.1, 0.15) is 62.5 Å². The van der Waals surface area contributed by atoms with Gasteiger partial charge in [0, 0.05) is 6.04 Å². The Labute approximate surface area is 116 Å². The molecular weight excluding hydrogens is 237 g/mol. The average molecular weight is 263 g/mol. The second kappa shape index (κ2) is 7.04. The molecule has 2 rings (SSSR count). The number of nitrogens with one attached hydrogen (secondary N) is 1. The van der Waals surface area contributed by atoms with Crippen LogP contribution in [-0.2, 0) is 0 Å². The molecule has 1 aliphatic carbocycles. The molecule has 1 aromatic carbocycles. The van der Waals surface area contributed by atoms with E-state index in [1.165, 1.54) is 31.2 Å². The van der Waals surface area contributed by atoms with Crippen LogP contribution in [0.15, 0.2) is 18.2 Å². The van der Waals surface area contributed by atoms with Gasteiger partial charge in [0.15, 0.2) is 0 Å². The summed E-state index contributed by atoms with van der Waals surface area (Å²) < 4.78 is 14.0. The van der Waals surface area contributed by atoms with Crippen molar-refractivity contribution >= 4 is 0 Å². The summed E-state index contributed by atoms with van der Waals surface area (Å²) in [6.07, 6.45) is 7.11. The highest BCUT2D eigenvalue weighted by atomic mass is 19.1. The van der Waals surface area contributed by atoms with Crippen molar-refractivity contribution in [2.24, 2.45) is 0 Å². The van der Waals surface area contributed by atoms with Gasteiger partial charge in [-0.25, -0.2) is 4.39 Å². The lowest BCUT2D eigenvalue weighted by atomic mass is 9.89. The Kier molecular flexibility index (Phi) is 5.38. The number of hydrogen-bond donors (Lipinski definition) is 1. The zero-order chi connectivity index (χ0) is 13.7. The molecule has 0 saturated heterocycles. The summed E-state index contributed by atoms with van der Waals surface area (Å²) in [6.45, 7) is 5.32. The molecule has 0 aromatic heterocycles. The van der Waals surface area contributed by atoms with Crippen LogP contribution in [-0.4, -0.2) is 12.6 Å². The highest BCUT2D eigenvalue weighted by Gasteiger charge is 2.23. The van der Waals surface area contributed by atoms with Crippen molar-refractivity contribution in [1.82, 2.24) is 5.32 Å². The van der Waals surface area contributed by atoms with Crippen molar-refractivity contribution in [3.05, 3.63) is 35.1 Å². The summed E-state index contributed by atoms with van der Waals surface area (Å²) in [6, 6.07) is 6.10. The normalized spacial score (nSPS) is 24.2. The maximum Gasteiger partial charge on any atom is 0.126 e. The van der Waals surface area contributed by atoms with Crippen LogP contribution in [0.5, 0.6) is 0 Å². The van der Waals surface area contributed by atoms with Crippen molar-refractivity contribution in [1.29, 1.82) is 0 Å². The average Bonchev–Trinajstić information content (AvgIpc) is 2.64. The number of rotatable bonds is 4. The fourth-order valence-corrected chi connectivity index (χ4v) is 3.15. The first-order valence-corrected chi connectivity index (χ1v) is 7.70. The number of halogens is 1. The van der Waals surface area contributed by atoms with Crippen LogP contribution in [0, 0.1) is 12.7 Å². The first kappa shape index (κ1) is 14.5. The maximum atomic E-state index is 14.0. The highest BCUT2D eigenvalue weighted by Crippen LogP contribution is 2.33. The second-order valence-electron chi connectivity index (χ2n) is 5.89. The molecule has 106 valence electrons. The van der Waals surface area contributed by atoms with Gasteiger partial charge in [0.05, 0.1) is 0 Å². The van der Waals surface area contributed by atoms with Gasteiger partial charge in [-0.05, 0) is 56.7 Å². The summed E-state index contributed by atoms with van der Waals surface area (Å²) >= 11 is 0. The van der Waals surface area contributed by atoms with E-state index in [0.717, 1.165) is 24.9 Å². The first-order chi connectivity index (χ1) is 9.20. The van der Waals surface area contributed by atoms with E-state index in [4.69, 9.17) is 0 Å². The molecule has 2 unspecified atom stereocenters. The van der Waals surface area contributed by atoms with Gasteiger partial charge in [0.2, 0.25) is 0 Å². The lowest BCUT2D eigenvalue weighted by molar-refractivity contribution is 0.433. The lowest BCUT2D eigenvalue weighted by Crippen LogP contribution is -2.30. The molecule has 0 aliphatic heterocycles. The molecule has 0 bridgehead atoms. The van der Waals surface area contributed by atoms with Crippen molar-refractivity contribution in [2.75, 3.05) is 6.54 Å². The Morgan fingerprint density at radius 2 is 2.05 bits per heavy atom. The molecule has 19 heavy (non-hydrogen) atoms. The number of benzene rings is 1. The third kappa shape index (κ3) is 4.04. The van der Waals surface area contributed by atoms with Crippen molar-refractivity contribution in [2.45, 2.75) is 64.3 Å². The monoisotopic (exact) mass is 263 g/mol. The van der Waals surface area contributed by atoms with Crippen LogP contribution >= 0.6 is 0 Å². The molecule has 0 amide bonds. The SMILES string of the molecule is CCCNC1CCCCC(c2cc(C)ccc2F)C1. The Morgan fingerprint density at radius 3 is 2.84 bits per heavy atom. The third-order valence-corrected chi connectivity index (χ3v) is 4.20. The number of aryl methyl sites for hydroxylation is 1. The Morgan fingerprint density at radius 1 is 1.26 bits per heavy atom. The van der Waals surface area contributed by atoms with Crippen molar-refractivity contribution in [3.8, 4) is 0 Å². The largest absolute Gasteiger partial charge is 0.314 e. The molecule has 0 radical (unpaired) electrons. The molecule has 1 aromatic rings. The molecule has 1 aliphatic rings. The van der Waals surface area contributed by atoms with Gasteiger partial charge in [-0.15, -0.1) is 0 Å². The van der Waals surface area contributed by atoms with Crippen molar-refractivity contribution < 1.29 is 4.39 Å². The van der Waals surface area contributed by atoms with E-state index in [0.29, 0.717) is 12.0 Å². The summed E-state index contributed by atoms with van der Waals surface area (Å²) in [7, 11) is 0. The fraction of sp³-hybridized carbons (Fsp3) is 0.647. The predicted octanol–water partition coefficient (Wildman–Crippen LogP) is 4.55. The molecule has 2 heteroatoms. The minimum Gasteiger partial charge on any atom is -0.314 e. The zero-order valence-corrected chi connectivity index (χ0v) is 12.2. The highest BCUT2D eigenvalue weighted by molar-refractivity contribution is 5.27. The smallest absolute Gasteiger partial charge is 0.126 e. The Hall–Kier alpha value is -0.890. The van der Waals surface area contributed by atoms with Gasteiger partial charge in [-0.1, -0.05) is 37.5 Å². The van der Waals surface area contributed by atoms with E-state index in [9.17, 15) is 4.39 Å². The quantitative estimate of drug-likeness (QED) is 0.786. The minimum absolute atomic E-state index is 0.0215. The molecular formula is C17H26FN. The van der Waals surface area contributed by atoms with Gasteiger partial charge >= 0.3 is 0 Å². The molecule has 1 N–H and O–H groups in total. The van der Waals surface area contributed by atoms with Crippen LogP contribution in [0.3, 0.4) is 0 Å². The lowest BCUT2D eigenvalue weighted by Gasteiger charge is -2.22. The molecule has 1 nitrogen and oxygen atoms in total. The van der Waals surface area contributed by atoms with Crippen LogP contribution in [0.2, 0.25) is 0 Å². The van der Waals surface area contributed by atoms with E-state index >= 15 is 0 Å². The second-order valence-corrected chi connectivity index (χ2v) is 5.89. The van der Waals surface area contributed by atoms with Gasteiger partial charge in [-0.3, -0.25) is 0 Å². The predicted molar refractivity (Wildman–Crippen MR) is 79.0 cm³/mol. The van der Waals surface area contributed by atoms with Crippen molar-refractivity contribution in [3.63, 3.8) is 0 Å². The summed E-state index contributed by atoms with van der Waals surface area (Å²) in [5.41, 5.74) is 2.10. The van der Waals surface area contributed by atoms with Gasteiger partial charge in [0.25, 0.3) is 0 Å². The van der Waals surface area contributed by atoms with Gasteiger partial charge < -0.3 is 5.32 Å². The third-order valence-electron chi connectivity index (χ3n) is 4.20. The summed E-state index contributed by atoms with van der Waals surface area (Å²) in [5.74, 6) is 0.364. The summed E-state index contributed by atoms with van der Waals surface area (Å²) in [5, 5.41) is 3.62. The van der Waals surface area contributed by atoms with E-state index < -0.39 is 0 Å². The van der Waals surface area contributed by atoms with E-state index in [1.54, 1.807) is 6.07 Å². The maximum absolute atomic E-state index is 14.0. The van der Waals surface area contributed by atoms with Gasteiger partial charge in [-0.2, -0.15) is 0 Å². The van der Waals surface area contributed by atoms with Crippen LogP contribution in [0.25, 0.3) is 0 Å². The molecule has 0 spiro atoms.